The summed E-state index contributed by atoms with van der Waals surface area (Å²) in [5.74, 6) is -0.0906. The van der Waals surface area contributed by atoms with Crippen LogP contribution < -0.4 is 4.74 Å². The molecule has 1 atom stereocenters. The van der Waals surface area contributed by atoms with Crippen LogP contribution in [0, 0.1) is 5.82 Å². The summed E-state index contributed by atoms with van der Waals surface area (Å²) in [6, 6.07) is 12.6. The highest BCUT2D eigenvalue weighted by molar-refractivity contribution is 7.89. The highest BCUT2D eigenvalue weighted by atomic mass is 32.2. The second-order valence-corrected chi connectivity index (χ2v) is 8.68. The van der Waals surface area contributed by atoms with Crippen molar-refractivity contribution >= 4 is 10.0 Å². The van der Waals surface area contributed by atoms with Gasteiger partial charge in [0, 0.05) is 6.54 Å². The predicted octanol–water partition coefficient (Wildman–Crippen LogP) is 3.38. The van der Waals surface area contributed by atoms with Gasteiger partial charge in [-0.25, -0.2) is 12.8 Å². The van der Waals surface area contributed by atoms with Crippen molar-refractivity contribution in [1.82, 2.24) is 4.31 Å². The van der Waals surface area contributed by atoms with Crippen LogP contribution in [-0.4, -0.2) is 38.5 Å². The van der Waals surface area contributed by atoms with E-state index in [-0.39, 0.29) is 29.6 Å². The van der Waals surface area contributed by atoms with E-state index >= 15 is 0 Å². The van der Waals surface area contributed by atoms with Crippen molar-refractivity contribution in [2.45, 2.75) is 30.4 Å². The molecular formula is C19H22FNO4S. The zero-order valence-corrected chi connectivity index (χ0v) is 15.8. The van der Waals surface area contributed by atoms with Gasteiger partial charge in [0.25, 0.3) is 0 Å². The Bertz CT molecular complexity index is 898. The quantitative estimate of drug-likeness (QED) is 0.817. The lowest BCUT2D eigenvalue weighted by Gasteiger charge is -2.44. The van der Waals surface area contributed by atoms with E-state index in [1.165, 1.54) is 29.6 Å². The average Bonchev–Trinajstić information content (AvgIpc) is 2.61. The van der Waals surface area contributed by atoms with E-state index in [9.17, 15) is 12.8 Å². The van der Waals surface area contributed by atoms with Crippen LogP contribution in [-0.2, 0) is 14.8 Å². The Labute approximate surface area is 153 Å². The predicted molar refractivity (Wildman–Crippen MR) is 96.1 cm³/mol. The van der Waals surface area contributed by atoms with Crippen molar-refractivity contribution in [1.29, 1.82) is 0 Å². The summed E-state index contributed by atoms with van der Waals surface area (Å²) >= 11 is 0. The van der Waals surface area contributed by atoms with Crippen molar-refractivity contribution in [3.63, 3.8) is 0 Å². The molecule has 0 aliphatic carbocycles. The molecule has 0 radical (unpaired) electrons. The molecule has 2 aromatic carbocycles. The first-order valence-electron chi connectivity index (χ1n) is 8.28. The van der Waals surface area contributed by atoms with Crippen molar-refractivity contribution in [3.8, 4) is 5.75 Å². The molecule has 1 saturated heterocycles. The standard InChI is InChI=1S/C19H22FNO4S/c1-19(2)13-25-17(14-7-6-8-15(20)11-14)12-21(19)26(22,23)18-10-5-4-9-16(18)24-3/h4-11,17H,12-13H2,1-3H3. The first-order chi connectivity index (χ1) is 12.3. The molecule has 2 aromatic rings. The van der Waals surface area contributed by atoms with Crippen LogP contribution in [0.5, 0.6) is 5.75 Å². The number of hydrogen-bond donors (Lipinski definition) is 0. The summed E-state index contributed by atoms with van der Waals surface area (Å²) in [6.45, 7) is 3.91. The van der Waals surface area contributed by atoms with Crippen LogP contribution in [0.15, 0.2) is 53.4 Å². The van der Waals surface area contributed by atoms with Gasteiger partial charge in [0.15, 0.2) is 0 Å². The topological polar surface area (TPSA) is 55.8 Å². The molecule has 140 valence electrons. The van der Waals surface area contributed by atoms with E-state index in [0.29, 0.717) is 5.56 Å². The fourth-order valence-electron chi connectivity index (χ4n) is 3.11. The molecule has 0 bridgehead atoms. The first-order valence-corrected chi connectivity index (χ1v) is 9.72. The minimum Gasteiger partial charge on any atom is -0.495 e. The maximum Gasteiger partial charge on any atom is 0.247 e. The normalized spacial score (nSPS) is 20.7. The molecule has 0 N–H and O–H groups in total. The molecular weight excluding hydrogens is 357 g/mol. The van der Waals surface area contributed by atoms with Crippen molar-refractivity contribution in [2.75, 3.05) is 20.3 Å². The van der Waals surface area contributed by atoms with Gasteiger partial charge < -0.3 is 9.47 Å². The van der Waals surface area contributed by atoms with E-state index in [2.05, 4.69) is 0 Å². The minimum atomic E-state index is -3.83. The summed E-state index contributed by atoms with van der Waals surface area (Å²) < 4.78 is 52.7. The summed E-state index contributed by atoms with van der Waals surface area (Å²) in [5, 5.41) is 0. The molecule has 1 fully saturated rings. The lowest BCUT2D eigenvalue weighted by molar-refractivity contribution is -0.0656. The number of ether oxygens (including phenoxy) is 2. The number of morpholine rings is 1. The average molecular weight is 379 g/mol. The van der Waals surface area contributed by atoms with Crippen LogP contribution in [0.1, 0.15) is 25.5 Å². The van der Waals surface area contributed by atoms with Gasteiger partial charge in [-0.2, -0.15) is 4.31 Å². The smallest absolute Gasteiger partial charge is 0.247 e. The Morgan fingerprint density at radius 2 is 1.92 bits per heavy atom. The molecule has 0 spiro atoms. The maximum atomic E-state index is 13.6. The van der Waals surface area contributed by atoms with E-state index in [4.69, 9.17) is 9.47 Å². The van der Waals surface area contributed by atoms with Crippen LogP contribution in [0.4, 0.5) is 4.39 Å². The van der Waals surface area contributed by atoms with Gasteiger partial charge in [0.1, 0.15) is 16.5 Å². The highest BCUT2D eigenvalue weighted by Gasteiger charge is 2.44. The van der Waals surface area contributed by atoms with E-state index in [1.807, 2.05) is 13.8 Å². The summed E-state index contributed by atoms with van der Waals surface area (Å²) in [6.07, 6.45) is -0.539. The number of sulfonamides is 1. The van der Waals surface area contributed by atoms with E-state index in [0.717, 1.165) is 0 Å². The van der Waals surface area contributed by atoms with Crippen LogP contribution in [0.3, 0.4) is 0 Å². The third-order valence-electron chi connectivity index (χ3n) is 4.50. The first kappa shape index (κ1) is 18.8. The van der Waals surface area contributed by atoms with Gasteiger partial charge in [-0.15, -0.1) is 0 Å². The third kappa shape index (κ3) is 3.47. The molecule has 7 heteroatoms. The second-order valence-electron chi connectivity index (χ2n) is 6.85. The summed E-state index contributed by atoms with van der Waals surface area (Å²) in [7, 11) is -2.39. The Balaban J connectivity index is 2.00. The zero-order valence-electron chi connectivity index (χ0n) is 15.0. The fraction of sp³-hybridized carbons (Fsp3) is 0.368. The van der Waals surface area contributed by atoms with Gasteiger partial charge in [0.2, 0.25) is 10.0 Å². The Morgan fingerprint density at radius 3 is 2.62 bits per heavy atom. The van der Waals surface area contributed by atoms with Crippen LogP contribution in [0.2, 0.25) is 0 Å². The Kier molecular flexibility index (Phi) is 5.05. The Morgan fingerprint density at radius 1 is 1.19 bits per heavy atom. The van der Waals surface area contributed by atoms with Gasteiger partial charge in [-0.1, -0.05) is 24.3 Å². The van der Waals surface area contributed by atoms with E-state index < -0.39 is 21.7 Å². The fourth-order valence-corrected chi connectivity index (χ4v) is 5.04. The SMILES string of the molecule is COc1ccccc1S(=O)(=O)N1CC(c2cccc(F)c2)OCC1(C)C. The maximum absolute atomic E-state index is 13.6. The number of hydrogen-bond acceptors (Lipinski definition) is 4. The second kappa shape index (κ2) is 6.98. The number of halogens is 1. The molecule has 1 aliphatic rings. The van der Waals surface area contributed by atoms with E-state index in [1.54, 1.807) is 30.3 Å². The lowest BCUT2D eigenvalue weighted by atomic mass is 10.0. The van der Waals surface area contributed by atoms with Crippen molar-refractivity contribution in [3.05, 3.63) is 59.9 Å². The minimum absolute atomic E-state index is 0.0941. The monoisotopic (exact) mass is 379 g/mol. The largest absolute Gasteiger partial charge is 0.495 e. The molecule has 1 heterocycles. The molecule has 1 unspecified atom stereocenters. The molecule has 26 heavy (non-hydrogen) atoms. The number of nitrogens with zero attached hydrogens (tertiary/aromatic N) is 1. The van der Waals surface area contributed by atoms with Gasteiger partial charge >= 0.3 is 0 Å². The number of benzene rings is 2. The number of rotatable bonds is 4. The molecule has 0 aromatic heterocycles. The van der Waals surface area contributed by atoms with Crippen LogP contribution >= 0.6 is 0 Å². The number of para-hydroxylation sites is 1. The van der Waals surface area contributed by atoms with Gasteiger partial charge in [-0.3, -0.25) is 0 Å². The van der Waals surface area contributed by atoms with Gasteiger partial charge in [0.05, 0.1) is 25.4 Å². The summed E-state index contributed by atoms with van der Waals surface area (Å²) in [5.41, 5.74) is -0.135. The van der Waals surface area contributed by atoms with Gasteiger partial charge in [-0.05, 0) is 43.7 Å². The summed E-state index contributed by atoms with van der Waals surface area (Å²) in [4.78, 5) is 0.107. The highest BCUT2D eigenvalue weighted by Crippen LogP contribution is 2.37. The number of methoxy groups -OCH3 is 1. The van der Waals surface area contributed by atoms with Crippen LogP contribution in [0.25, 0.3) is 0 Å². The molecule has 0 saturated carbocycles. The zero-order chi connectivity index (χ0) is 18.9. The van der Waals surface area contributed by atoms with Crippen molar-refractivity contribution < 1.29 is 22.3 Å². The molecule has 3 rings (SSSR count). The molecule has 5 nitrogen and oxygen atoms in total. The molecule has 0 amide bonds. The Hall–Kier alpha value is -1.96. The van der Waals surface area contributed by atoms with Crippen molar-refractivity contribution in [2.24, 2.45) is 0 Å². The molecule has 1 aliphatic heterocycles. The lowest BCUT2D eigenvalue weighted by Crippen LogP contribution is -2.56. The third-order valence-corrected chi connectivity index (χ3v) is 6.62.